The maximum Gasteiger partial charge on any atom is 0.318 e. The molecule has 0 unspecified atom stereocenters. The second kappa shape index (κ2) is 8.15. The summed E-state index contributed by atoms with van der Waals surface area (Å²) in [6.07, 6.45) is 2.66. The quantitative estimate of drug-likeness (QED) is 0.617. The van der Waals surface area contributed by atoms with Gasteiger partial charge in [0, 0.05) is 43.3 Å². The maximum atomic E-state index is 14.4. The van der Waals surface area contributed by atoms with Gasteiger partial charge in [-0.1, -0.05) is 6.07 Å². The van der Waals surface area contributed by atoms with Crippen LogP contribution in [0, 0.1) is 11.6 Å². The Hall–Kier alpha value is -2.97. The minimum Gasteiger partial charge on any atom is -0.469 e. The molecule has 0 spiro atoms. The second-order valence-electron chi connectivity index (χ2n) is 6.19. The average Bonchev–Trinajstić information content (AvgIpc) is 3.13. The molecule has 2 N–H and O–H groups in total. The lowest BCUT2D eigenvalue weighted by Gasteiger charge is -2.35. The van der Waals surface area contributed by atoms with Crippen LogP contribution in [0.3, 0.4) is 0 Å². The van der Waals surface area contributed by atoms with Gasteiger partial charge >= 0.3 is 12.0 Å². The van der Waals surface area contributed by atoms with E-state index in [1.165, 1.54) is 24.4 Å². The molecule has 1 aromatic heterocycles. The summed E-state index contributed by atoms with van der Waals surface area (Å²) in [6.45, 7) is 0.621. The molecule has 0 saturated heterocycles. The van der Waals surface area contributed by atoms with Crippen LogP contribution in [0.4, 0.5) is 13.6 Å². The van der Waals surface area contributed by atoms with Crippen LogP contribution in [0.2, 0.25) is 0 Å². The number of carbonyl (C=O) groups is 2. The van der Waals surface area contributed by atoms with Gasteiger partial charge in [-0.2, -0.15) is 0 Å². The first-order valence-corrected chi connectivity index (χ1v) is 8.59. The lowest BCUT2D eigenvalue weighted by Crippen LogP contribution is -2.46. The number of imidazole rings is 1. The fraction of sp³-hybridized carbons (Fsp3) is 0.389. The number of ether oxygens (including phenoxy) is 1. The fourth-order valence-electron chi connectivity index (χ4n) is 3.17. The predicted molar refractivity (Wildman–Crippen MR) is 91.8 cm³/mol. The molecule has 2 aromatic rings. The third-order valence-electron chi connectivity index (χ3n) is 4.50. The normalized spacial score (nSPS) is 16.0. The zero-order valence-corrected chi connectivity index (χ0v) is 14.8. The number of aromatic nitrogens is 2. The van der Waals surface area contributed by atoms with Gasteiger partial charge in [0.05, 0.1) is 19.1 Å². The van der Waals surface area contributed by atoms with Crippen LogP contribution in [0.25, 0.3) is 0 Å². The minimum absolute atomic E-state index is 0.175. The molecule has 1 aliphatic heterocycles. The van der Waals surface area contributed by atoms with Gasteiger partial charge in [0.1, 0.15) is 17.7 Å². The summed E-state index contributed by atoms with van der Waals surface area (Å²) in [5, 5.41) is 2.73. The van der Waals surface area contributed by atoms with Gasteiger partial charge in [-0.05, 0) is 12.5 Å². The van der Waals surface area contributed by atoms with Crippen LogP contribution in [-0.2, 0) is 16.0 Å². The number of nitrogens with one attached hydrogen (secondary N) is 2. The number of rotatable bonds is 5. The molecule has 9 heteroatoms. The molecule has 1 aromatic carbocycles. The van der Waals surface area contributed by atoms with Crippen LogP contribution in [-0.4, -0.2) is 47.1 Å². The molecule has 1 aliphatic rings. The van der Waals surface area contributed by atoms with E-state index in [9.17, 15) is 18.4 Å². The van der Waals surface area contributed by atoms with Gasteiger partial charge < -0.3 is 19.9 Å². The first-order valence-electron chi connectivity index (χ1n) is 8.59. The first-order chi connectivity index (χ1) is 13.0. The summed E-state index contributed by atoms with van der Waals surface area (Å²) in [5.74, 6) is -1.78. The van der Waals surface area contributed by atoms with E-state index in [1.807, 2.05) is 0 Å². The number of nitrogens with zero attached hydrogens (tertiary/aromatic N) is 2. The number of fused-ring (bicyclic) bond motifs is 1. The predicted octanol–water partition coefficient (Wildman–Crippen LogP) is 2.30. The average molecular weight is 378 g/mol. The Labute approximate surface area is 154 Å². The molecular weight excluding hydrogens is 358 g/mol. The Balaban J connectivity index is 1.79. The van der Waals surface area contributed by atoms with E-state index in [0.717, 1.165) is 17.8 Å². The highest BCUT2D eigenvalue weighted by Gasteiger charge is 2.35. The molecule has 0 aliphatic carbocycles. The Morgan fingerprint density at radius 1 is 1.41 bits per heavy atom. The Kier molecular flexibility index (Phi) is 5.68. The van der Waals surface area contributed by atoms with Crippen LogP contribution >= 0.6 is 0 Å². The summed E-state index contributed by atoms with van der Waals surface area (Å²) >= 11 is 0. The lowest BCUT2D eigenvalue weighted by atomic mass is 9.95. The standard InChI is InChI=1S/C18H20F2N4O3/c1-27-15(25)3-2-7-21-18(26)24-8-6-14-16(23-10-22-14)17(24)12-5-4-11(19)9-13(12)20/h4-5,9-10,17H,2-3,6-8H2,1H3,(H,21,26)(H,22,23)/t17-/m1/s1. The molecule has 0 saturated carbocycles. The van der Waals surface area contributed by atoms with Crippen molar-refractivity contribution in [3.05, 3.63) is 53.1 Å². The van der Waals surface area contributed by atoms with Gasteiger partial charge in [-0.25, -0.2) is 18.6 Å². The zero-order chi connectivity index (χ0) is 19.4. The molecule has 0 bridgehead atoms. The van der Waals surface area contributed by atoms with Crippen molar-refractivity contribution in [3.8, 4) is 0 Å². The molecule has 27 heavy (non-hydrogen) atoms. The van der Waals surface area contributed by atoms with Crippen molar-refractivity contribution in [1.29, 1.82) is 0 Å². The van der Waals surface area contributed by atoms with Gasteiger partial charge in [0.25, 0.3) is 0 Å². The highest BCUT2D eigenvalue weighted by Crippen LogP contribution is 2.34. The highest BCUT2D eigenvalue weighted by molar-refractivity contribution is 5.76. The van der Waals surface area contributed by atoms with Crippen molar-refractivity contribution in [1.82, 2.24) is 20.2 Å². The largest absolute Gasteiger partial charge is 0.469 e. The number of hydrogen-bond acceptors (Lipinski definition) is 4. The number of aromatic amines is 1. The van der Waals surface area contributed by atoms with E-state index < -0.39 is 23.7 Å². The molecule has 1 atom stereocenters. The summed E-state index contributed by atoms with van der Waals surface area (Å²) in [5.41, 5.74) is 1.53. The number of carbonyl (C=O) groups excluding carboxylic acids is 2. The van der Waals surface area contributed by atoms with E-state index in [2.05, 4.69) is 20.0 Å². The monoisotopic (exact) mass is 378 g/mol. The van der Waals surface area contributed by atoms with Gasteiger partial charge in [0.15, 0.2) is 0 Å². The number of hydrogen-bond donors (Lipinski definition) is 2. The number of esters is 1. The number of benzene rings is 1. The molecule has 2 amide bonds. The zero-order valence-electron chi connectivity index (χ0n) is 14.8. The van der Waals surface area contributed by atoms with E-state index >= 15 is 0 Å². The van der Waals surface area contributed by atoms with Crippen molar-refractivity contribution >= 4 is 12.0 Å². The Morgan fingerprint density at radius 3 is 2.96 bits per heavy atom. The molecule has 3 rings (SSSR count). The number of methoxy groups -OCH3 is 1. The number of halogens is 2. The Morgan fingerprint density at radius 2 is 2.22 bits per heavy atom. The van der Waals surface area contributed by atoms with Gasteiger partial charge in [-0.3, -0.25) is 4.79 Å². The smallest absolute Gasteiger partial charge is 0.318 e. The van der Waals surface area contributed by atoms with E-state index in [-0.39, 0.29) is 24.5 Å². The topological polar surface area (TPSA) is 87.3 Å². The van der Waals surface area contributed by atoms with E-state index in [1.54, 1.807) is 0 Å². The first kappa shape index (κ1) is 18.8. The van der Waals surface area contributed by atoms with Crippen LogP contribution in [0.1, 0.15) is 35.8 Å². The number of amides is 2. The van der Waals surface area contributed by atoms with E-state index in [0.29, 0.717) is 25.1 Å². The molecule has 144 valence electrons. The van der Waals surface area contributed by atoms with Gasteiger partial charge in [0.2, 0.25) is 0 Å². The molecule has 2 heterocycles. The second-order valence-corrected chi connectivity index (χ2v) is 6.19. The molecular formula is C18H20F2N4O3. The lowest BCUT2D eigenvalue weighted by molar-refractivity contribution is -0.140. The minimum atomic E-state index is -0.763. The van der Waals surface area contributed by atoms with Crippen molar-refractivity contribution < 1.29 is 23.1 Å². The fourth-order valence-corrected chi connectivity index (χ4v) is 3.17. The molecule has 0 fully saturated rings. The van der Waals surface area contributed by atoms with Crippen LogP contribution in [0.5, 0.6) is 0 Å². The highest BCUT2D eigenvalue weighted by atomic mass is 19.1. The molecule has 0 radical (unpaired) electrons. The SMILES string of the molecule is COC(=O)CCCNC(=O)N1CCc2[nH]cnc2[C@H]1c1ccc(F)cc1F. The number of H-pyrrole nitrogens is 1. The summed E-state index contributed by atoms with van der Waals surface area (Å²) in [7, 11) is 1.30. The Bertz CT molecular complexity index is 840. The van der Waals surface area contributed by atoms with Crippen molar-refractivity contribution in [3.63, 3.8) is 0 Å². The van der Waals surface area contributed by atoms with E-state index in [4.69, 9.17) is 0 Å². The number of urea groups is 1. The van der Waals surface area contributed by atoms with Crippen LogP contribution < -0.4 is 5.32 Å². The summed E-state index contributed by atoms with van der Waals surface area (Å²) < 4.78 is 32.3. The third kappa shape index (κ3) is 4.07. The molecule has 7 nitrogen and oxygen atoms in total. The van der Waals surface area contributed by atoms with Crippen molar-refractivity contribution in [2.75, 3.05) is 20.2 Å². The van der Waals surface area contributed by atoms with Crippen LogP contribution in [0.15, 0.2) is 24.5 Å². The summed E-state index contributed by atoms with van der Waals surface area (Å²) in [6, 6.07) is 2.12. The van der Waals surface area contributed by atoms with Crippen molar-refractivity contribution in [2.24, 2.45) is 0 Å². The van der Waals surface area contributed by atoms with Crippen molar-refractivity contribution in [2.45, 2.75) is 25.3 Å². The maximum absolute atomic E-state index is 14.4. The van der Waals surface area contributed by atoms with Gasteiger partial charge in [-0.15, -0.1) is 0 Å². The third-order valence-corrected chi connectivity index (χ3v) is 4.50. The summed E-state index contributed by atoms with van der Waals surface area (Å²) in [4.78, 5) is 32.5.